The van der Waals surface area contributed by atoms with Gasteiger partial charge in [0.25, 0.3) is 0 Å². The largest absolute Gasteiger partial charge is 0.343 e. The molecule has 0 saturated heterocycles. The summed E-state index contributed by atoms with van der Waals surface area (Å²) in [6.45, 7) is 6.95. The van der Waals surface area contributed by atoms with Gasteiger partial charge in [0.2, 0.25) is 0 Å². The van der Waals surface area contributed by atoms with E-state index >= 15 is 0 Å². The van der Waals surface area contributed by atoms with Crippen LogP contribution in [0.4, 0.5) is 0 Å². The molecule has 0 atom stereocenters. The number of nitriles is 1. The molecule has 80 valence electrons. The predicted molar refractivity (Wildman–Crippen MR) is 66.1 cm³/mol. The van der Waals surface area contributed by atoms with Crippen LogP contribution in [-0.2, 0) is 6.54 Å². The van der Waals surface area contributed by atoms with Crippen LogP contribution in [0.15, 0.2) is 42.6 Å². The molecule has 1 heterocycles. The Hall–Kier alpha value is -2.01. The van der Waals surface area contributed by atoms with Gasteiger partial charge in [0.15, 0.2) is 0 Å². The van der Waals surface area contributed by atoms with Crippen molar-refractivity contribution in [1.29, 1.82) is 5.26 Å². The third-order valence-corrected chi connectivity index (χ3v) is 2.83. The molecular formula is C14H14N2. The summed E-state index contributed by atoms with van der Waals surface area (Å²) in [5.41, 5.74) is 3.03. The fourth-order valence-corrected chi connectivity index (χ4v) is 1.81. The van der Waals surface area contributed by atoms with Gasteiger partial charge in [0.05, 0.1) is 11.6 Å². The van der Waals surface area contributed by atoms with E-state index in [0.29, 0.717) is 0 Å². The number of rotatable bonds is 3. The highest BCUT2D eigenvalue weighted by Gasteiger charge is 2.05. The molecule has 1 aromatic carbocycles. The van der Waals surface area contributed by atoms with Gasteiger partial charge >= 0.3 is 0 Å². The van der Waals surface area contributed by atoms with Gasteiger partial charge in [0, 0.05) is 23.6 Å². The van der Waals surface area contributed by atoms with Crippen molar-refractivity contribution in [2.75, 3.05) is 0 Å². The molecule has 2 heteroatoms. The SMILES string of the molecule is C=C(CC)Cn1ccc2c(C#N)cccc21. The second kappa shape index (κ2) is 4.24. The van der Waals surface area contributed by atoms with Gasteiger partial charge in [-0.25, -0.2) is 0 Å². The van der Waals surface area contributed by atoms with E-state index in [2.05, 4.69) is 24.1 Å². The Morgan fingerprint density at radius 2 is 2.25 bits per heavy atom. The maximum atomic E-state index is 9.00. The van der Waals surface area contributed by atoms with Crippen LogP contribution in [0.5, 0.6) is 0 Å². The minimum atomic E-state index is 0.735. The number of hydrogen-bond donors (Lipinski definition) is 0. The van der Waals surface area contributed by atoms with Crippen LogP contribution in [0.2, 0.25) is 0 Å². The van der Waals surface area contributed by atoms with Crippen molar-refractivity contribution < 1.29 is 0 Å². The molecule has 0 bridgehead atoms. The molecule has 16 heavy (non-hydrogen) atoms. The van der Waals surface area contributed by atoms with Gasteiger partial charge < -0.3 is 4.57 Å². The summed E-state index contributed by atoms with van der Waals surface area (Å²) < 4.78 is 2.14. The van der Waals surface area contributed by atoms with Gasteiger partial charge in [0.1, 0.15) is 0 Å². The molecule has 0 fully saturated rings. The summed E-state index contributed by atoms with van der Waals surface area (Å²) in [6.07, 6.45) is 3.00. The molecule has 2 rings (SSSR count). The average Bonchev–Trinajstić information content (AvgIpc) is 2.72. The van der Waals surface area contributed by atoms with Crippen LogP contribution in [-0.4, -0.2) is 4.57 Å². The summed E-state index contributed by atoms with van der Waals surface area (Å²) in [5, 5.41) is 10.0. The number of nitrogens with zero attached hydrogens (tertiary/aromatic N) is 2. The van der Waals surface area contributed by atoms with Crippen molar-refractivity contribution in [3.63, 3.8) is 0 Å². The number of benzene rings is 1. The van der Waals surface area contributed by atoms with Crippen molar-refractivity contribution >= 4 is 10.9 Å². The molecule has 0 unspecified atom stereocenters. The summed E-state index contributed by atoms with van der Waals surface area (Å²) >= 11 is 0. The van der Waals surface area contributed by atoms with Crippen LogP contribution in [0.1, 0.15) is 18.9 Å². The molecule has 1 aromatic heterocycles. The Kier molecular flexibility index (Phi) is 2.78. The fraction of sp³-hybridized carbons (Fsp3) is 0.214. The molecule has 0 aliphatic rings. The normalized spacial score (nSPS) is 10.2. The zero-order chi connectivity index (χ0) is 11.5. The second-order valence-corrected chi connectivity index (χ2v) is 3.90. The van der Waals surface area contributed by atoms with Crippen LogP contribution in [0.3, 0.4) is 0 Å². The first kappa shape index (κ1) is 10.5. The molecule has 0 saturated carbocycles. The lowest BCUT2D eigenvalue weighted by atomic mass is 10.1. The van der Waals surface area contributed by atoms with E-state index in [-0.39, 0.29) is 0 Å². The van der Waals surface area contributed by atoms with E-state index in [1.54, 1.807) is 0 Å². The highest BCUT2D eigenvalue weighted by Crippen LogP contribution is 2.20. The van der Waals surface area contributed by atoms with Crippen LogP contribution >= 0.6 is 0 Å². The zero-order valence-electron chi connectivity index (χ0n) is 9.40. The van der Waals surface area contributed by atoms with Crippen molar-refractivity contribution in [1.82, 2.24) is 4.57 Å². The Bertz CT molecular complexity index is 570. The molecule has 2 nitrogen and oxygen atoms in total. The fourth-order valence-electron chi connectivity index (χ4n) is 1.81. The van der Waals surface area contributed by atoms with Gasteiger partial charge in [-0.15, -0.1) is 0 Å². The van der Waals surface area contributed by atoms with E-state index in [1.165, 1.54) is 5.57 Å². The maximum absolute atomic E-state index is 9.00. The minimum Gasteiger partial charge on any atom is -0.343 e. The Labute approximate surface area is 95.4 Å². The third kappa shape index (κ3) is 1.72. The van der Waals surface area contributed by atoms with Gasteiger partial charge in [-0.05, 0) is 24.6 Å². The summed E-state index contributed by atoms with van der Waals surface area (Å²) in [6, 6.07) is 10.0. The molecular weight excluding hydrogens is 196 g/mol. The van der Waals surface area contributed by atoms with E-state index in [0.717, 1.165) is 29.4 Å². The number of allylic oxidation sites excluding steroid dienone is 1. The van der Waals surface area contributed by atoms with Crippen molar-refractivity contribution in [3.05, 3.63) is 48.2 Å². The van der Waals surface area contributed by atoms with Crippen molar-refractivity contribution in [2.24, 2.45) is 0 Å². The highest BCUT2D eigenvalue weighted by atomic mass is 14.9. The smallest absolute Gasteiger partial charge is 0.0998 e. The Balaban J connectivity index is 2.50. The second-order valence-electron chi connectivity index (χ2n) is 3.90. The first-order chi connectivity index (χ1) is 7.76. The van der Waals surface area contributed by atoms with E-state index in [4.69, 9.17) is 5.26 Å². The summed E-state index contributed by atoms with van der Waals surface area (Å²) in [5.74, 6) is 0. The minimum absolute atomic E-state index is 0.735. The first-order valence-corrected chi connectivity index (χ1v) is 5.41. The molecule has 0 radical (unpaired) electrons. The predicted octanol–water partition coefficient (Wildman–Crippen LogP) is 3.48. The molecule has 2 aromatic rings. The van der Waals surface area contributed by atoms with E-state index in [1.807, 2.05) is 30.5 Å². The highest BCUT2D eigenvalue weighted by molar-refractivity contribution is 5.86. The molecule has 0 aliphatic heterocycles. The van der Waals surface area contributed by atoms with Crippen LogP contribution in [0.25, 0.3) is 10.9 Å². The number of aromatic nitrogens is 1. The Morgan fingerprint density at radius 3 is 2.94 bits per heavy atom. The van der Waals surface area contributed by atoms with E-state index < -0.39 is 0 Å². The first-order valence-electron chi connectivity index (χ1n) is 5.41. The van der Waals surface area contributed by atoms with Crippen LogP contribution in [0, 0.1) is 11.3 Å². The van der Waals surface area contributed by atoms with Crippen molar-refractivity contribution in [3.8, 4) is 6.07 Å². The van der Waals surface area contributed by atoms with Crippen LogP contribution < -0.4 is 0 Å². The summed E-state index contributed by atoms with van der Waals surface area (Å²) in [7, 11) is 0. The molecule has 0 amide bonds. The maximum Gasteiger partial charge on any atom is 0.0998 e. The monoisotopic (exact) mass is 210 g/mol. The van der Waals surface area contributed by atoms with Gasteiger partial charge in [-0.1, -0.05) is 25.1 Å². The number of hydrogen-bond acceptors (Lipinski definition) is 1. The topological polar surface area (TPSA) is 28.7 Å². The average molecular weight is 210 g/mol. The Morgan fingerprint density at radius 1 is 1.44 bits per heavy atom. The molecule has 0 spiro atoms. The summed E-state index contributed by atoms with van der Waals surface area (Å²) in [4.78, 5) is 0. The molecule has 0 aliphatic carbocycles. The lowest BCUT2D eigenvalue weighted by molar-refractivity contribution is 0.790. The lowest BCUT2D eigenvalue weighted by Crippen LogP contribution is -1.97. The third-order valence-electron chi connectivity index (χ3n) is 2.83. The van der Waals surface area contributed by atoms with Gasteiger partial charge in [-0.3, -0.25) is 0 Å². The number of fused-ring (bicyclic) bond motifs is 1. The zero-order valence-corrected chi connectivity index (χ0v) is 9.40. The van der Waals surface area contributed by atoms with Crippen molar-refractivity contribution in [2.45, 2.75) is 19.9 Å². The lowest BCUT2D eigenvalue weighted by Gasteiger charge is -2.06. The van der Waals surface area contributed by atoms with E-state index in [9.17, 15) is 0 Å². The molecule has 0 N–H and O–H groups in total. The quantitative estimate of drug-likeness (QED) is 0.713. The standard InChI is InChI=1S/C14H14N2/c1-3-11(2)10-16-8-7-13-12(9-15)5-4-6-14(13)16/h4-8H,2-3,10H2,1H3. The van der Waals surface area contributed by atoms with Gasteiger partial charge in [-0.2, -0.15) is 5.26 Å².